The number of aliphatic hydroxyl groups is 1. The SMILES string of the molecule is CC(C(=O)N1CCC(O)(C(F)(F)F)C1)C(N)c1ccccc1. The van der Waals surface area contributed by atoms with Crippen LogP contribution in [0, 0.1) is 5.92 Å². The number of likely N-dealkylation sites (tertiary alicyclic amines) is 1. The van der Waals surface area contributed by atoms with E-state index in [1.165, 1.54) is 0 Å². The van der Waals surface area contributed by atoms with Gasteiger partial charge in [0.25, 0.3) is 0 Å². The molecule has 4 nitrogen and oxygen atoms in total. The van der Waals surface area contributed by atoms with Gasteiger partial charge < -0.3 is 15.7 Å². The third-order valence-electron chi connectivity index (χ3n) is 4.20. The van der Waals surface area contributed by atoms with Gasteiger partial charge in [-0.05, 0) is 5.56 Å². The van der Waals surface area contributed by atoms with Crippen LogP contribution in [0.4, 0.5) is 13.2 Å². The summed E-state index contributed by atoms with van der Waals surface area (Å²) in [6, 6.07) is 8.31. The molecule has 1 saturated heterocycles. The number of nitrogens with zero attached hydrogens (tertiary/aromatic N) is 1. The fourth-order valence-corrected chi connectivity index (χ4v) is 2.62. The lowest BCUT2D eigenvalue weighted by atomic mass is 9.94. The molecule has 3 atom stereocenters. The van der Waals surface area contributed by atoms with Gasteiger partial charge in [0, 0.05) is 19.0 Å². The van der Waals surface area contributed by atoms with Crippen LogP contribution in [0.2, 0.25) is 0 Å². The zero-order chi connectivity index (χ0) is 16.5. The minimum Gasteiger partial charge on any atom is -0.379 e. The summed E-state index contributed by atoms with van der Waals surface area (Å²) < 4.78 is 38.4. The number of halogens is 3. The molecule has 0 bridgehead atoms. The van der Waals surface area contributed by atoms with Gasteiger partial charge in [0.05, 0.1) is 12.5 Å². The van der Waals surface area contributed by atoms with Crippen LogP contribution in [-0.2, 0) is 4.79 Å². The molecule has 122 valence electrons. The van der Waals surface area contributed by atoms with Gasteiger partial charge in [-0.3, -0.25) is 4.79 Å². The van der Waals surface area contributed by atoms with Crippen molar-refractivity contribution in [2.75, 3.05) is 13.1 Å². The van der Waals surface area contributed by atoms with Crippen molar-refractivity contribution in [3.8, 4) is 0 Å². The van der Waals surface area contributed by atoms with Gasteiger partial charge in [0.1, 0.15) is 0 Å². The number of rotatable bonds is 3. The Kier molecular flexibility index (Phi) is 4.49. The maximum absolute atomic E-state index is 12.8. The Labute approximate surface area is 126 Å². The minimum atomic E-state index is -4.74. The van der Waals surface area contributed by atoms with Crippen LogP contribution in [0.3, 0.4) is 0 Å². The van der Waals surface area contributed by atoms with E-state index >= 15 is 0 Å². The second-order valence-electron chi connectivity index (χ2n) is 5.76. The summed E-state index contributed by atoms with van der Waals surface area (Å²) in [5.41, 5.74) is 3.95. The second-order valence-corrected chi connectivity index (χ2v) is 5.76. The average Bonchev–Trinajstić information content (AvgIpc) is 2.89. The summed E-state index contributed by atoms with van der Waals surface area (Å²) in [4.78, 5) is 13.4. The van der Waals surface area contributed by atoms with Crippen molar-refractivity contribution in [2.45, 2.75) is 31.2 Å². The lowest BCUT2D eigenvalue weighted by Gasteiger charge is -2.28. The Morgan fingerprint density at radius 3 is 2.45 bits per heavy atom. The molecular weight excluding hydrogens is 297 g/mol. The summed E-state index contributed by atoms with van der Waals surface area (Å²) in [5, 5.41) is 9.63. The molecular formula is C15H19F3N2O2. The molecule has 2 rings (SSSR count). The standard InChI is InChI=1S/C15H19F3N2O2/c1-10(12(19)11-5-3-2-4-6-11)13(21)20-8-7-14(22,9-20)15(16,17)18/h2-6,10,12,22H,7-9,19H2,1H3. The quantitative estimate of drug-likeness (QED) is 0.894. The highest BCUT2D eigenvalue weighted by molar-refractivity contribution is 5.80. The van der Waals surface area contributed by atoms with Crippen molar-refractivity contribution in [1.82, 2.24) is 4.90 Å². The zero-order valence-electron chi connectivity index (χ0n) is 12.2. The smallest absolute Gasteiger partial charge is 0.379 e. The molecule has 1 aliphatic rings. The Hall–Kier alpha value is -1.60. The molecule has 0 radical (unpaired) electrons. The van der Waals surface area contributed by atoms with Crippen LogP contribution < -0.4 is 5.73 Å². The molecule has 1 aromatic rings. The maximum atomic E-state index is 12.8. The molecule has 7 heteroatoms. The first kappa shape index (κ1) is 16.8. The highest BCUT2D eigenvalue weighted by atomic mass is 19.4. The summed E-state index contributed by atoms with van der Waals surface area (Å²) in [6.45, 7) is 0.729. The first-order chi connectivity index (χ1) is 10.2. The van der Waals surface area contributed by atoms with Crippen molar-refractivity contribution in [1.29, 1.82) is 0 Å². The van der Waals surface area contributed by atoms with Crippen LogP contribution >= 0.6 is 0 Å². The fraction of sp³-hybridized carbons (Fsp3) is 0.533. The third kappa shape index (κ3) is 3.10. The molecule has 1 heterocycles. The highest BCUT2D eigenvalue weighted by Gasteiger charge is 2.58. The Morgan fingerprint density at radius 2 is 1.95 bits per heavy atom. The van der Waals surface area contributed by atoms with Gasteiger partial charge in [-0.2, -0.15) is 13.2 Å². The number of amides is 1. The average molecular weight is 316 g/mol. The molecule has 1 fully saturated rings. The zero-order valence-corrected chi connectivity index (χ0v) is 12.2. The van der Waals surface area contributed by atoms with Gasteiger partial charge in [-0.1, -0.05) is 37.3 Å². The number of alkyl halides is 3. The van der Waals surface area contributed by atoms with Gasteiger partial charge in [0.15, 0.2) is 5.60 Å². The summed E-state index contributed by atoms with van der Waals surface area (Å²) in [5.74, 6) is -1.14. The summed E-state index contributed by atoms with van der Waals surface area (Å²) in [6.07, 6.45) is -5.25. The van der Waals surface area contributed by atoms with E-state index in [1.54, 1.807) is 31.2 Å². The number of hydrogen-bond donors (Lipinski definition) is 2. The normalized spacial score (nSPS) is 25.1. The third-order valence-corrected chi connectivity index (χ3v) is 4.20. The van der Waals surface area contributed by atoms with Crippen molar-refractivity contribution in [3.63, 3.8) is 0 Å². The Bertz CT molecular complexity index is 535. The van der Waals surface area contributed by atoms with Crippen LogP contribution in [0.5, 0.6) is 0 Å². The fourth-order valence-electron chi connectivity index (χ4n) is 2.62. The molecule has 0 saturated carbocycles. The van der Waals surface area contributed by atoms with E-state index in [2.05, 4.69) is 0 Å². The van der Waals surface area contributed by atoms with E-state index in [1.807, 2.05) is 6.07 Å². The molecule has 3 unspecified atom stereocenters. The molecule has 3 N–H and O–H groups in total. The number of β-amino-alcohol motifs (C(OH)–C–C–N with tert-alkyl or cyclic N) is 1. The van der Waals surface area contributed by atoms with Gasteiger partial charge >= 0.3 is 6.18 Å². The first-order valence-electron chi connectivity index (χ1n) is 7.04. The molecule has 1 amide bonds. The number of nitrogens with two attached hydrogens (primary N) is 1. The van der Waals surface area contributed by atoms with E-state index in [0.29, 0.717) is 0 Å². The van der Waals surface area contributed by atoms with Crippen LogP contribution in [0.15, 0.2) is 30.3 Å². The van der Waals surface area contributed by atoms with Gasteiger partial charge in [-0.15, -0.1) is 0 Å². The maximum Gasteiger partial charge on any atom is 0.419 e. The van der Waals surface area contributed by atoms with Gasteiger partial charge in [0.2, 0.25) is 5.91 Å². The predicted molar refractivity (Wildman–Crippen MR) is 74.7 cm³/mol. The van der Waals surface area contributed by atoms with E-state index in [-0.39, 0.29) is 6.54 Å². The summed E-state index contributed by atoms with van der Waals surface area (Å²) in [7, 11) is 0. The van der Waals surface area contributed by atoms with Crippen molar-refractivity contribution >= 4 is 5.91 Å². The molecule has 0 aliphatic carbocycles. The van der Waals surface area contributed by atoms with E-state index in [0.717, 1.165) is 10.5 Å². The second kappa shape index (κ2) is 5.89. The largest absolute Gasteiger partial charge is 0.419 e. The number of benzene rings is 1. The lowest BCUT2D eigenvalue weighted by molar-refractivity contribution is -0.253. The summed E-state index contributed by atoms with van der Waals surface area (Å²) >= 11 is 0. The van der Waals surface area contributed by atoms with E-state index in [9.17, 15) is 23.1 Å². The number of carbonyl (C=O) groups is 1. The molecule has 0 aromatic heterocycles. The van der Waals surface area contributed by atoms with Crippen molar-refractivity contribution in [2.24, 2.45) is 11.7 Å². The van der Waals surface area contributed by atoms with E-state index in [4.69, 9.17) is 5.73 Å². The Balaban J connectivity index is 2.07. The van der Waals surface area contributed by atoms with Crippen LogP contribution in [0.1, 0.15) is 24.9 Å². The van der Waals surface area contributed by atoms with Crippen LogP contribution in [0.25, 0.3) is 0 Å². The molecule has 1 aromatic carbocycles. The number of hydrogen-bond acceptors (Lipinski definition) is 3. The van der Waals surface area contributed by atoms with Crippen molar-refractivity contribution < 1.29 is 23.1 Å². The monoisotopic (exact) mass is 316 g/mol. The van der Waals surface area contributed by atoms with Crippen molar-refractivity contribution in [3.05, 3.63) is 35.9 Å². The topological polar surface area (TPSA) is 66.6 Å². The van der Waals surface area contributed by atoms with Gasteiger partial charge in [-0.25, -0.2) is 0 Å². The Morgan fingerprint density at radius 1 is 1.36 bits per heavy atom. The lowest BCUT2D eigenvalue weighted by Crippen LogP contribution is -2.49. The highest BCUT2D eigenvalue weighted by Crippen LogP contribution is 2.38. The first-order valence-corrected chi connectivity index (χ1v) is 7.04. The molecule has 1 aliphatic heterocycles. The molecule has 22 heavy (non-hydrogen) atoms. The number of carbonyl (C=O) groups excluding carboxylic acids is 1. The molecule has 0 spiro atoms. The minimum absolute atomic E-state index is 0.124. The van der Waals surface area contributed by atoms with E-state index < -0.39 is 42.6 Å². The van der Waals surface area contributed by atoms with Crippen LogP contribution in [-0.4, -0.2) is 40.8 Å². The predicted octanol–water partition coefficient (Wildman–Crippen LogP) is 1.85.